The minimum atomic E-state index is -0.683. The van der Waals surface area contributed by atoms with E-state index in [0.717, 1.165) is 24.1 Å². The van der Waals surface area contributed by atoms with E-state index in [-0.39, 0.29) is 5.92 Å². The maximum atomic E-state index is 10.8. The number of nitrogens with zero attached hydrogens (tertiary/aromatic N) is 1. The van der Waals surface area contributed by atoms with Gasteiger partial charge in [0.1, 0.15) is 0 Å². The zero-order valence-electron chi connectivity index (χ0n) is 9.77. The normalized spacial score (nSPS) is 18.7. The van der Waals surface area contributed by atoms with Crippen molar-refractivity contribution < 1.29 is 9.90 Å². The molecule has 0 aliphatic carbocycles. The van der Waals surface area contributed by atoms with Crippen molar-refractivity contribution in [1.82, 2.24) is 4.90 Å². The summed E-state index contributed by atoms with van der Waals surface area (Å²) in [6, 6.07) is 8.23. The van der Waals surface area contributed by atoms with Gasteiger partial charge in [0.2, 0.25) is 0 Å². The van der Waals surface area contributed by atoms with Gasteiger partial charge in [-0.05, 0) is 23.6 Å². The van der Waals surface area contributed by atoms with E-state index in [0.29, 0.717) is 5.92 Å². The van der Waals surface area contributed by atoms with Gasteiger partial charge in [-0.2, -0.15) is 0 Å². The van der Waals surface area contributed by atoms with Crippen LogP contribution in [0.5, 0.6) is 0 Å². The number of hydrogen-bond acceptors (Lipinski definition) is 2. The third kappa shape index (κ3) is 3.07. The van der Waals surface area contributed by atoms with Crippen molar-refractivity contribution >= 4 is 21.9 Å². The summed E-state index contributed by atoms with van der Waals surface area (Å²) in [7, 11) is 0. The third-order valence-electron chi connectivity index (χ3n) is 3.38. The third-order valence-corrected chi connectivity index (χ3v) is 3.87. The maximum Gasteiger partial charge on any atom is 0.306 e. The lowest BCUT2D eigenvalue weighted by molar-refractivity contribution is -0.145. The number of carboxylic acids is 1. The van der Waals surface area contributed by atoms with Crippen LogP contribution < -0.4 is 0 Å². The SMILES string of the molecule is CC(C(=O)O)C1CN(Cc2cccc(Br)c2)C1. The number of likely N-dealkylation sites (tertiary alicyclic amines) is 1. The molecule has 1 aromatic rings. The summed E-state index contributed by atoms with van der Waals surface area (Å²) < 4.78 is 1.09. The highest BCUT2D eigenvalue weighted by Crippen LogP contribution is 2.26. The van der Waals surface area contributed by atoms with Gasteiger partial charge >= 0.3 is 5.97 Å². The average molecular weight is 298 g/mol. The quantitative estimate of drug-likeness (QED) is 0.929. The van der Waals surface area contributed by atoms with Crippen LogP contribution in [-0.2, 0) is 11.3 Å². The van der Waals surface area contributed by atoms with Gasteiger partial charge in [0.25, 0.3) is 0 Å². The van der Waals surface area contributed by atoms with Crippen LogP contribution in [0.2, 0.25) is 0 Å². The van der Waals surface area contributed by atoms with Crippen molar-refractivity contribution in [3.8, 4) is 0 Å². The molecular weight excluding hydrogens is 282 g/mol. The van der Waals surface area contributed by atoms with Crippen molar-refractivity contribution in [2.75, 3.05) is 13.1 Å². The van der Waals surface area contributed by atoms with Crippen molar-refractivity contribution in [3.63, 3.8) is 0 Å². The van der Waals surface area contributed by atoms with Gasteiger partial charge in [0.05, 0.1) is 5.92 Å². The van der Waals surface area contributed by atoms with Crippen molar-refractivity contribution in [3.05, 3.63) is 34.3 Å². The summed E-state index contributed by atoms with van der Waals surface area (Å²) in [6.07, 6.45) is 0. The van der Waals surface area contributed by atoms with E-state index in [1.807, 2.05) is 12.1 Å². The largest absolute Gasteiger partial charge is 0.481 e. The van der Waals surface area contributed by atoms with Gasteiger partial charge in [-0.15, -0.1) is 0 Å². The van der Waals surface area contributed by atoms with Crippen LogP contribution in [0.15, 0.2) is 28.7 Å². The van der Waals surface area contributed by atoms with Gasteiger partial charge in [-0.25, -0.2) is 0 Å². The lowest BCUT2D eigenvalue weighted by Gasteiger charge is -2.41. The van der Waals surface area contributed by atoms with E-state index in [1.165, 1.54) is 5.56 Å². The van der Waals surface area contributed by atoms with Gasteiger partial charge in [0, 0.05) is 24.1 Å². The minimum Gasteiger partial charge on any atom is -0.481 e. The first-order chi connectivity index (χ1) is 8.06. The smallest absolute Gasteiger partial charge is 0.306 e. The summed E-state index contributed by atoms with van der Waals surface area (Å²) in [5.41, 5.74) is 1.26. The molecule has 1 fully saturated rings. The van der Waals surface area contributed by atoms with Gasteiger partial charge in [-0.1, -0.05) is 35.0 Å². The molecule has 0 radical (unpaired) electrons. The molecule has 4 heteroatoms. The van der Waals surface area contributed by atoms with E-state index < -0.39 is 5.97 Å². The van der Waals surface area contributed by atoms with Crippen LogP contribution in [0.1, 0.15) is 12.5 Å². The second-order valence-electron chi connectivity index (χ2n) is 4.71. The number of carboxylic acid groups (broad SMARTS) is 1. The Morgan fingerprint density at radius 3 is 2.88 bits per heavy atom. The summed E-state index contributed by atoms with van der Waals surface area (Å²) in [4.78, 5) is 13.1. The molecule has 1 aliphatic heterocycles. The Balaban J connectivity index is 1.83. The molecule has 1 unspecified atom stereocenters. The molecule has 17 heavy (non-hydrogen) atoms. The Morgan fingerprint density at radius 2 is 2.29 bits per heavy atom. The number of benzene rings is 1. The highest BCUT2D eigenvalue weighted by atomic mass is 79.9. The molecule has 2 rings (SSSR count). The molecule has 0 amide bonds. The molecule has 3 nitrogen and oxygen atoms in total. The average Bonchev–Trinajstić information content (AvgIpc) is 2.22. The van der Waals surface area contributed by atoms with E-state index in [2.05, 4.69) is 33.0 Å². The first kappa shape index (κ1) is 12.6. The number of carbonyl (C=O) groups is 1. The van der Waals surface area contributed by atoms with Crippen molar-refractivity contribution in [1.29, 1.82) is 0 Å². The molecular formula is C13H16BrNO2. The molecule has 0 aromatic heterocycles. The Morgan fingerprint density at radius 1 is 1.59 bits per heavy atom. The number of halogens is 1. The lowest BCUT2D eigenvalue weighted by Crippen LogP contribution is -2.50. The second kappa shape index (κ2) is 5.19. The highest BCUT2D eigenvalue weighted by Gasteiger charge is 2.34. The fourth-order valence-corrected chi connectivity index (χ4v) is 2.60. The zero-order chi connectivity index (χ0) is 12.4. The van der Waals surface area contributed by atoms with Gasteiger partial charge < -0.3 is 5.11 Å². The summed E-state index contributed by atoms with van der Waals surface area (Å²) in [5, 5.41) is 8.91. The summed E-state index contributed by atoms with van der Waals surface area (Å²) in [6.45, 7) is 4.48. The standard InChI is InChI=1S/C13H16BrNO2/c1-9(13(16)17)11-7-15(8-11)6-10-3-2-4-12(14)5-10/h2-5,9,11H,6-8H2,1H3,(H,16,17). The van der Waals surface area contributed by atoms with Gasteiger partial charge in [-0.3, -0.25) is 9.69 Å². The molecule has 1 atom stereocenters. The molecule has 0 spiro atoms. The first-order valence-electron chi connectivity index (χ1n) is 5.76. The van der Waals surface area contributed by atoms with Crippen LogP contribution in [0.25, 0.3) is 0 Å². The Kier molecular flexibility index (Phi) is 3.84. The molecule has 1 heterocycles. The summed E-state index contributed by atoms with van der Waals surface area (Å²) >= 11 is 3.45. The molecule has 1 N–H and O–H groups in total. The van der Waals surface area contributed by atoms with Gasteiger partial charge in [0.15, 0.2) is 0 Å². The molecule has 0 saturated carbocycles. The zero-order valence-corrected chi connectivity index (χ0v) is 11.4. The van der Waals surface area contributed by atoms with E-state index in [1.54, 1.807) is 6.92 Å². The molecule has 1 aliphatic rings. The van der Waals surface area contributed by atoms with Crippen LogP contribution >= 0.6 is 15.9 Å². The Labute approximate surface area is 110 Å². The number of rotatable bonds is 4. The van der Waals surface area contributed by atoms with Crippen LogP contribution in [0.4, 0.5) is 0 Å². The summed E-state index contributed by atoms with van der Waals surface area (Å²) in [5.74, 6) is -0.606. The minimum absolute atomic E-state index is 0.228. The van der Waals surface area contributed by atoms with Crippen LogP contribution in [-0.4, -0.2) is 29.1 Å². The van der Waals surface area contributed by atoms with E-state index in [9.17, 15) is 4.79 Å². The van der Waals surface area contributed by atoms with Crippen molar-refractivity contribution in [2.24, 2.45) is 11.8 Å². The maximum absolute atomic E-state index is 10.8. The van der Waals surface area contributed by atoms with E-state index >= 15 is 0 Å². The van der Waals surface area contributed by atoms with Crippen LogP contribution in [0, 0.1) is 11.8 Å². The van der Waals surface area contributed by atoms with Crippen molar-refractivity contribution in [2.45, 2.75) is 13.5 Å². The molecule has 0 bridgehead atoms. The number of aliphatic carboxylic acids is 1. The fraction of sp³-hybridized carbons (Fsp3) is 0.462. The van der Waals surface area contributed by atoms with E-state index in [4.69, 9.17) is 5.11 Å². The topological polar surface area (TPSA) is 40.5 Å². The number of hydrogen-bond donors (Lipinski definition) is 1. The predicted molar refractivity (Wildman–Crippen MR) is 69.7 cm³/mol. The fourth-order valence-electron chi connectivity index (χ4n) is 2.15. The Hall–Kier alpha value is -0.870. The molecule has 1 saturated heterocycles. The molecule has 92 valence electrons. The lowest BCUT2D eigenvalue weighted by atomic mass is 9.87. The predicted octanol–water partition coefficient (Wildman–Crippen LogP) is 2.60. The van der Waals surface area contributed by atoms with Crippen LogP contribution in [0.3, 0.4) is 0 Å². The highest BCUT2D eigenvalue weighted by molar-refractivity contribution is 9.10. The monoisotopic (exact) mass is 297 g/mol. The molecule has 1 aromatic carbocycles. The first-order valence-corrected chi connectivity index (χ1v) is 6.55. The Bertz CT molecular complexity index is 416. The second-order valence-corrected chi connectivity index (χ2v) is 5.63.